The molecule has 2 aromatic rings. The Morgan fingerprint density at radius 2 is 2.38 bits per heavy atom. The molecule has 0 radical (unpaired) electrons. The van der Waals surface area contributed by atoms with E-state index >= 15 is 0 Å². The van der Waals surface area contributed by atoms with E-state index in [4.69, 9.17) is 5.11 Å². The van der Waals surface area contributed by atoms with Gasteiger partial charge in [-0.3, -0.25) is 4.40 Å². The Morgan fingerprint density at radius 3 is 3.12 bits per heavy atom. The highest BCUT2D eigenvalue weighted by atomic mass is 32.1. The minimum Gasteiger partial charge on any atom is -0.475 e. The van der Waals surface area contributed by atoms with Crippen LogP contribution in [0.25, 0.3) is 4.96 Å². The highest BCUT2D eigenvalue weighted by molar-refractivity contribution is 7.17. The van der Waals surface area contributed by atoms with Crippen molar-refractivity contribution in [3.63, 3.8) is 0 Å². The molecule has 1 aliphatic carbocycles. The van der Waals surface area contributed by atoms with Crippen LogP contribution in [0.2, 0.25) is 0 Å². The largest absolute Gasteiger partial charge is 0.475 e. The maximum absolute atomic E-state index is 11.0. The zero-order chi connectivity index (χ0) is 11.3. The Morgan fingerprint density at radius 1 is 1.56 bits per heavy atom. The van der Waals surface area contributed by atoms with Crippen molar-refractivity contribution in [3.8, 4) is 0 Å². The van der Waals surface area contributed by atoms with Gasteiger partial charge in [-0.05, 0) is 25.2 Å². The Kier molecular flexibility index (Phi) is 2.00. The van der Waals surface area contributed by atoms with Gasteiger partial charge in [-0.1, -0.05) is 18.3 Å². The Hall–Kier alpha value is -1.43. The summed E-state index contributed by atoms with van der Waals surface area (Å²) in [6.07, 6.45) is 3.06. The maximum atomic E-state index is 11.0. The van der Waals surface area contributed by atoms with Gasteiger partial charge in [-0.15, -0.1) is 10.2 Å². The molecule has 0 aliphatic heterocycles. The number of fused-ring (bicyclic) bond motifs is 3. The summed E-state index contributed by atoms with van der Waals surface area (Å²) in [6.45, 7) is 2.22. The van der Waals surface area contributed by atoms with E-state index in [1.165, 1.54) is 4.88 Å². The van der Waals surface area contributed by atoms with Crippen molar-refractivity contribution in [2.75, 3.05) is 0 Å². The lowest BCUT2D eigenvalue weighted by atomic mass is 9.93. The van der Waals surface area contributed by atoms with Crippen LogP contribution in [0.1, 0.15) is 34.5 Å². The van der Waals surface area contributed by atoms with Crippen LogP contribution in [0, 0.1) is 5.92 Å². The monoisotopic (exact) mass is 237 g/mol. The Balaban J connectivity index is 2.24. The summed E-state index contributed by atoms with van der Waals surface area (Å²) in [5.41, 5.74) is 1.10. The first kappa shape index (κ1) is 9.77. The molecule has 84 valence electrons. The topological polar surface area (TPSA) is 67.5 Å². The van der Waals surface area contributed by atoms with Gasteiger partial charge >= 0.3 is 5.97 Å². The Bertz CT molecular complexity index is 572. The number of carboxylic acids is 1. The molecule has 1 aliphatic rings. The molecule has 5 nitrogen and oxygen atoms in total. The van der Waals surface area contributed by atoms with E-state index in [0.717, 1.165) is 25.0 Å². The number of rotatable bonds is 1. The van der Waals surface area contributed by atoms with E-state index < -0.39 is 5.97 Å². The van der Waals surface area contributed by atoms with Crippen molar-refractivity contribution in [3.05, 3.63) is 16.4 Å². The van der Waals surface area contributed by atoms with Crippen molar-refractivity contribution < 1.29 is 9.90 Å². The van der Waals surface area contributed by atoms with Crippen LogP contribution >= 0.6 is 11.3 Å². The molecule has 3 rings (SSSR count). The molecule has 0 saturated heterocycles. The van der Waals surface area contributed by atoms with Gasteiger partial charge in [0, 0.05) is 10.6 Å². The number of carbonyl (C=O) groups is 1. The zero-order valence-electron chi connectivity index (χ0n) is 8.80. The first-order valence-electron chi connectivity index (χ1n) is 5.25. The summed E-state index contributed by atoms with van der Waals surface area (Å²) < 4.78 is 1.70. The van der Waals surface area contributed by atoms with E-state index in [1.54, 1.807) is 15.7 Å². The molecule has 0 amide bonds. The number of aryl methyl sites for hydroxylation is 1. The third-order valence-electron chi connectivity index (χ3n) is 3.04. The number of nitrogens with zero attached hydrogens (tertiary/aromatic N) is 3. The summed E-state index contributed by atoms with van der Waals surface area (Å²) in [5.74, 6) is -0.286. The van der Waals surface area contributed by atoms with Gasteiger partial charge < -0.3 is 5.11 Å². The summed E-state index contributed by atoms with van der Waals surface area (Å²) in [4.78, 5) is 13.0. The van der Waals surface area contributed by atoms with Gasteiger partial charge in [0.15, 0.2) is 0 Å². The van der Waals surface area contributed by atoms with Gasteiger partial charge in [-0.25, -0.2) is 4.79 Å². The smallest absolute Gasteiger partial charge is 0.374 e. The molecule has 2 aromatic heterocycles. The molecule has 16 heavy (non-hydrogen) atoms. The summed E-state index contributed by atoms with van der Waals surface area (Å²) in [7, 11) is 0. The molecule has 2 heterocycles. The van der Waals surface area contributed by atoms with Gasteiger partial charge in [0.25, 0.3) is 0 Å². The van der Waals surface area contributed by atoms with Crippen LogP contribution in [0.3, 0.4) is 0 Å². The van der Waals surface area contributed by atoms with E-state index in [1.807, 2.05) is 0 Å². The normalized spacial score (nSPS) is 19.9. The molecule has 1 atom stereocenters. The molecule has 1 unspecified atom stereocenters. The van der Waals surface area contributed by atoms with E-state index in [-0.39, 0.29) is 5.82 Å². The number of thiazole rings is 1. The number of hydrogen-bond acceptors (Lipinski definition) is 4. The predicted octanol–water partition coefficient (Wildman–Crippen LogP) is 1.61. The quantitative estimate of drug-likeness (QED) is 0.818. The second-order valence-corrected chi connectivity index (χ2v) is 5.33. The van der Waals surface area contributed by atoms with E-state index in [2.05, 4.69) is 17.1 Å². The number of carboxylic acid groups (broad SMARTS) is 1. The van der Waals surface area contributed by atoms with E-state index in [0.29, 0.717) is 10.9 Å². The molecule has 0 saturated carbocycles. The van der Waals surface area contributed by atoms with Crippen LogP contribution in [-0.4, -0.2) is 25.7 Å². The van der Waals surface area contributed by atoms with Crippen molar-refractivity contribution in [2.45, 2.75) is 26.2 Å². The lowest BCUT2D eigenvalue weighted by molar-refractivity contribution is 0.0681. The fourth-order valence-electron chi connectivity index (χ4n) is 2.22. The van der Waals surface area contributed by atoms with Crippen molar-refractivity contribution in [1.29, 1.82) is 0 Å². The summed E-state index contributed by atoms with van der Waals surface area (Å²) >= 11 is 1.57. The maximum Gasteiger partial charge on any atom is 0.374 e. The SMILES string of the molecule is CC1CCc2c(sc3nnc(C(=O)O)n23)C1. The van der Waals surface area contributed by atoms with Gasteiger partial charge in [-0.2, -0.15) is 0 Å². The lowest BCUT2D eigenvalue weighted by Gasteiger charge is -2.17. The lowest BCUT2D eigenvalue weighted by Crippen LogP contribution is -2.13. The predicted molar refractivity (Wildman–Crippen MR) is 59.0 cm³/mol. The molecule has 0 bridgehead atoms. The second-order valence-electron chi connectivity index (χ2n) is 4.27. The molecule has 0 fully saturated rings. The minimum absolute atomic E-state index is 0.0436. The summed E-state index contributed by atoms with van der Waals surface area (Å²) in [6, 6.07) is 0. The molecular formula is C10H11N3O2S. The van der Waals surface area contributed by atoms with Crippen LogP contribution < -0.4 is 0 Å². The standard InChI is InChI=1S/C10H11N3O2S/c1-5-2-3-6-7(4-5)16-10-12-11-8(9(14)15)13(6)10/h5H,2-4H2,1H3,(H,14,15). The second kappa shape index (κ2) is 3.28. The molecular weight excluding hydrogens is 226 g/mol. The average molecular weight is 237 g/mol. The zero-order valence-corrected chi connectivity index (χ0v) is 9.62. The minimum atomic E-state index is -1.01. The molecule has 1 N–H and O–H groups in total. The number of aromatic nitrogens is 3. The van der Waals surface area contributed by atoms with Crippen LogP contribution in [0.5, 0.6) is 0 Å². The van der Waals surface area contributed by atoms with Crippen molar-refractivity contribution >= 4 is 22.3 Å². The van der Waals surface area contributed by atoms with Crippen LogP contribution in [0.15, 0.2) is 0 Å². The fourth-order valence-corrected chi connectivity index (χ4v) is 3.49. The van der Waals surface area contributed by atoms with Gasteiger partial charge in [0.2, 0.25) is 10.8 Å². The Labute approximate surface area is 95.7 Å². The highest BCUT2D eigenvalue weighted by Crippen LogP contribution is 2.32. The first-order valence-corrected chi connectivity index (χ1v) is 6.07. The summed E-state index contributed by atoms with van der Waals surface area (Å²) in [5, 5.41) is 16.7. The van der Waals surface area contributed by atoms with Crippen LogP contribution in [-0.2, 0) is 12.8 Å². The van der Waals surface area contributed by atoms with Crippen molar-refractivity contribution in [1.82, 2.24) is 14.6 Å². The molecule has 6 heteroatoms. The van der Waals surface area contributed by atoms with E-state index in [9.17, 15) is 4.79 Å². The molecule has 0 aromatic carbocycles. The third-order valence-corrected chi connectivity index (χ3v) is 4.13. The highest BCUT2D eigenvalue weighted by Gasteiger charge is 2.25. The number of hydrogen-bond donors (Lipinski definition) is 1. The average Bonchev–Trinajstić information content (AvgIpc) is 2.74. The number of aromatic carboxylic acids is 1. The first-order chi connectivity index (χ1) is 7.66. The van der Waals surface area contributed by atoms with Gasteiger partial charge in [0.1, 0.15) is 0 Å². The molecule has 0 spiro atoms. The van der Waals surface area contributed by atoms with Crippen molar-refractivity contribution in [2.24, 2.45) is 5.92 Å². The fraction of sp³-hybridized carbons (Fsp3) is 0.500. The van der Waals surface area contributed by atoms with Crippen LogP contribution in [0.4, 0.5) is 0 Å². The third kappa shape index (κ3) is 1.26. The van der Waals surface area contributed by atoms with Gasteiger partial charge in [0.05, 0.1) is 0 Å².